The molecule has 14 heterocycles. The minimum atomic E-state index is -3.52. The van der Waals surface area contributed by atoms with Gasteiger partial charge < -0.3 is 36.7 Å². The maximum absolute atomic E-state index is 12.0. The molecule has 11 aromatic heterocycles. The van der Waals surface area contributed by atoms with E-state index >= 15 is 0 Å². The van der Waals surface area contributed by atoms with E-state index in [1.807, 2.05) is 78.8 Å². The maximum Gasteiger partial charge on any atom is 0.286 e. The van der Waals surface area contributed by atoms with Crippen LogP contribution >= 0.6 is 0 Å². The molecule has 11 aromatic rings. The van der Waals surface area contributed by atoms with E-state index in [1.165, 1.54) is 289 Å². The molecule has 0 spiro atoms. The van der Waals surface area contributed by atoms with Gasteiger partial charge in [-0.25, -0.2) is 4.99 Å². The summed E-state index contributed by atoms with van der Waals surface area (Å²) >= 11 is 0.392. The Bertz CT molecular complexity index is 5220. The van der Waals surface area contributed by atoms with Crippen LogP contribution in [0.5, 0.6) is 0 Å². The van der Waals surface area contributed by atoms with E-state index in [4.69, 9.17) is 26.7 Å². The Morgan fingerprint density at radius 2 is 0.648 bits per heavy atom. The molecule has 0 saturated carbocycles. The molecule has 0 unspecified atom stereocenters. The number of nitrogens with one attached hydrogen (secondary N) is 2. The summed E-state index contributed by atoms with van der Waals surface area (Å²) in [7, 11) is 0.518. The number of unbranched alkanes of at least 4 members (excludes halogenated alkanes) is 31. The number of fused-ring (bicyclic) bond motifs is 7. The van der Waals surface area contributed by atoms with Crippen LogP contribution in [0, 0.1) is 96.9 Å². The number of rotatable bonds is 45. The number of furan rings is 4. The van der Waals surface area contributed by atoms with Crippen molar-refractivity contribution in [3.63, 3.8) is 0 Å². The van der Waals surface area contributed by atoms with Crippen molar-refractivity contribution in [2.45, 2.75) is 439 Å². The average molecular weight is 1850 g/mol. The minimum absolute atomic E-state index is 0.0206. The molecule has 0 aromatic carbocycles. The van der Waals surface area contributed by atoms with Crippen molar-refractivity contribution >= 4 is 97.2 Å². The smallest absolute Gasteiger partial charge is 0.286 e. The summed E-state index contributed by atoms with van der Waals surface area (Å²) < 4.78 is 67.7. The summed E-state index contributed by atoms with van der Waals surface area (Å²) in [6.07, 6.45) is 55.2. The van der Waals surface area contributed by atoms with Gasteiger partial charge in [0.1, 0.15) is 56.5 Å². The monoisotopic (exact) mass is 1850 g/mol. The first-order valence-corrected chi connectivity index (χ1v) is 52.8. The summed E-state index contributed by atoms with van der Waals surface area (Å²) in [5.41, 5.74) is 20.9. The van der Waals surface area contributed by atoms with Crippen LogP contribution in [0.2, 0.25) is 0 Å². The van der Waals surface area contributed by atoms with E-state index in [2.05, 4.69) is 128 Å². The van der Waals surface area contributed by atoms with Crippen molar-refractivity contribution in [3.8, 4) is 0 Å². The molecule has 0 bridgehead atoms. The average Bonchev–Trinajstić information content (AvgIpc) is 1.58. The fourth-order valence-corrected chi connectivity index (χ4v) is 22.5. The van der Waals surface area contributed by atoms with Gasteiger partial charge in [-0.2, -0.15) is 23.0 Å². The van der Waals surface area contributed by atoms with Gasteiger partial charge in [-0.05, 0) is 160 Å². The Kier molecular flexibility index (Phi) is 43.9. The Balaban J connectivity index is 0.000000185. The van der Waals surface area contributed by atoms with Crippen LogP contribution in [0.25, 0.3) is 43.7 Å². The first-order chi connectivity index (χ1) is 61.5. The maximum atomic E-state index is 12.0. The zero-order valence-electron chi connectivity index (χ0n) is 83.2. The third-order valence-corrected chi connectivity index (χ3v) is 28.9. The van der Waals surface area contributed by atoms with Crippen molar-refractivity contribution < 1.29 is 44.7 Å². The molecule has 14 rings (SSSR count). The van der Waals surface area contributed by atoms with Crippen molar-refractivity contribution in [2.75, 3.05) is 0 Å². The van der Waals surface area contributed by atoms with Gasteiger partial charge in [0.05, 0.1) is 78.3 Å². The Labute approximate surface area is 772 Å². The molecule has 128 heavy (non-hydrogen) atoms. The molecule has 3 aliphatic rings. The fourth-order valence-electron chi connectivity index (χ4n) is 18.7. The number of aliphatic imine (C=N–C) groups is 2. The second-order valence-electron chi connectivity index (χ2n) is 36.2. The van der Waals surface area contributed by atoms with Crippen molar-refractivity contribution in [3.05, 3.63) is 128 Å². The molecule has 23 heteroatoms. The van der Waals surface area contributed by atoms with E-state index in [-0.39, 0.29) is 16.7 Å². The number of hydrogen-bond acceptors (Lipinski definition) is 14. The van der Waals surface area contributed by atoms with Crippen molar-refractivity contribution in [1.29, 1.82) is 0 Å². The van der Waals surface area contributed by atoms with Crippen LogP contribution in [-0.4, -0.2) is 91.7 Å². The molecule has 0 aliphatic carbocycles. The van der Waals surface area contributed by atoms with Crippen LogP contribution < -0.4 is 0 Å². The van der Waals surface area contributed by atoms with Crippen LogP contribution in [0.3, 0.4) is 0 Å². The molecule has 0 atom stereocenters. The molecular formula is C105H161N11O10SSe. The van der Waals surface area contributed by atoms with Gasteiger partial charge >= 0.3 is 122 Å². The van der Waals surface area contributed by atoms with E-state index in [0.29, 0.717) is 43.1 Å². The standard InChI is InChI=1S/C16H23NO2.C16H23NOSe.C15H24N2O.C15H23NO3S.C15H23NO2.C14H23N3.C14H22N2O/c2*1-4-5-6-7-8-9-10-13-14-11(2)19-12(3)15(14)16(18)17-13;1-4-5-6-7-8-9-10-13-14-11(2)16-12(3)15(14)18-17-13;1-4-5-6-7-8-9-10-13-14-11(2)19-12(3)15(14)20(17,18)16-13;1-4-5-6-7-8-9-10-13-14-11(2)17-12(3)15(14)18-16-13;1-5-6-7-8-9-12-13-10(2)15-11(3)14(13)17(4)16-12;1-5-6-7-8-9-12-13-10(2)17-11(3)14(13)16(4)15-12/h2*4-10H2,1-3H3;16H,4-10H2,1-3H3;4-10H2,1-3H3;4-10H2,1-3H3;15H,5-9H2,1-4H3;5-9H2,1-4H3. The largest absolute Gasteiger partial charge is 0.465 e. The number of amides is 2. The predicted octanol–water partition coefficient (Wildman–Crippen LogP) is 29.9. The molecule has 0 fully saturated rings. The zero-order valence-corrected chi connectivity index (χ0v) is 85.8. The second-order valence-corrected chi connectivity index (χ2v) is 40.8. The number of aromatic nitrogens is 8. The van der Waals surface area contributed by atoms with Crippen LogP contribution in [0.15, 0.2) is 46.0 Å². The molecule has 0 saturated heterocycles. The Morgan fingerprint density at radius 3 is 1.15 bits per heavy atom. The summed E-state index contributed by atoms with van der Waals surface area (Å²) in [6, 6.07) is 0. The van der Waals surface area contributed by atoms with Gasteiger partial charge in [0, 0.05) is 36.6 Å². The number of aromatic amines is 2. The minimum Gasteiger partial charge on any atom is -0.465 e. The van der Waals surface area contributed by atoms with E-state index in [0.717, 1.165) is 160 Å². The molecule has 21 nitrogen and oxygen atoms in total. The zero-order chi connectivity index (χ0) is 93.2. The van der Waals surface area contributed by atoms with Crippen molar-refractivity contribution in [2.24, 2.45) is 28.5 Å². The summed E-state index contributed by atoms with van der Waals surface area (Å²) in [6.45, 7) is 43.5. The second kappa shape index (κ2) is 53.4. The fraction of sp³-hybridized carbons (Fsp3) is 0.648. The van der Waals surface area contributed by atoms with Gasteiger partial charge in [0.25, 0.3) is 15.9 Å². The number of nitrogens with zero attached hydrogens (tertiary/aromatic N) is 9. The van der Waals surface area contributed by atoms with Crippen LogP contribution in [-0.2, 0) is 49.8 Å². The van der Waals surface area contributed by atoms with Gasteiger partial charge in [0.15, 0.2) is 5.58 Å². The van der Waals surface area contributed by atoms with Crippen LogP contribution in [0.4, 0.5) is 0 Å². The first-order valence-electron chi connectivity index (χ1n) is 49.6. The first kappa shape index (κ1) is 105. The van der Waals surface area contributed by atoms with Gasteiger partial charge in [0.2, 0.25) is 5.58 Å². The number of hydrogen-bond donors (Lipinski definition) is 2. The van der Waals surface area contributed by atoms with E-state index in [9.17, 15) is 18.0 Å². The Morgan fingerprint density at radius 1 is 0.305 bits per heavy atom. The SMILES string of the molecule is CCCCCCCCC1=NC(=O)c2c(C)[se]c(C)c21.CCCCCCCCC1=NC(=O)c2c(C)oc(C)c21.CCCCCCCCC1=NS(=O)(=O)c2c(C)oc(C)c21.CCCCCCCCc1noc2c(C)[nH]c(C)c12.CCCCCCCCc1noc2c(C)oc(C)c12.CCCCCCc1nn(C)c2c(C)[nH]c(C)c12.CCCCCCc1nn(C)c2c(C)oc(C)c12. The third-order valence-electron chi connectivity index (χ3n) is 25.3. The van der Waals surface area contributed by atoms with Gasteiger partial charge in [-0.15, -0.1) is 0 Å². The van der Waals surface area contributed by atoms with Crippen LogP contribution in [0.1, 0.15) is 450 Å². The number of aryl methyl sites for hydroxylation is 20. The summed E-state index contributed by atoms with van der Waals surface area (Å²) in [5.74, 6) is 6.33. The third kappa shape index (κ3) is 28.7. The number of carbonyl (C=O) groups is 2. The quantitative estimate of drug-likeness (QED) is 0.0265. The number of sulfonamides is 1. The normalized spacial score (nSPS) is 12.9. The Hall–Kier alpha value is -8.14. The molecule has 2 N–H and O–H groups in total. The molecule has 0 radical (unpaired) electrons. The van der Waals surface area contributed by atoms with E-state index < -0.39 is 10.0 Å². The number of carbonyl (C=O) groups excluding carboxylic acids is 2. The number of H-pyrrole nitrogens is 2. The molecule has 708 valence electrons. The topological polar surface area (TPSA) is 277 Å². The van der Waals surface area contributed by atoms with Gasteiger partial charge in [-0.3, -0.25) is 14.2 Å². The summed E-state index contributed by atoms with van der Waals surface area (Å²) in [5, 5.41) is 22.6. The summed E-state index contributed by atoms with van der Waals surface area (Å²) in [4.78, 5) is 39.3. The van der Waals surface area contributed by atoms with Crippen molar-refractivity contribution in [1.82, 2.24) is 39.8 Å². The molecule has 3 aliphatic heterocycles. The molecular weight excluding hydrogens is 1690 g/mol. The predicted molar refractivity (Wildman–Crippen MR) is 529 cm³/mol. The van der Waals surface area contributed by atoms with Gasteiger partial charge in [-0.1, -0.05) is 219 Å². The van der Waals surface area contributed by atoms with E-state index in [1.54, 1.807) is 6.92 Å². The molecule has 2 amide bonds.